The van der Waals surface area contributed by atoms with Crippen LogP contribution in [0.25, 0.3) is 11.0 Å². The van der Waals surface area contributed by atoms with Crippen molar-refractivity contribution in [3.63, 3.8) is 0 Å². The predicted octanol–water partition coefficient (Wildman–Crippen LogP) is 0.871. The van der Waals surface area contributed by atoms with Crippen LogP contribution in [-0.4, -0.2) is 65.5 Å². The highest BCUT2D eigenvalue weighted by atomic mass is 19.1. The third-order valence-corrected chi connectivity index (χ3v) is 5.76. The molecule has 2 aliphatic heterocycles. The molecule has 5 rings (SSSR count). The van der Waals surface area contributed by atoms with Crippen molar-refractivity contribution in [2.45, 2.75) is 31.3 Å². The molecule has 0 spiro atoms. The van der Waals surface area contributed by atoms with E-state index in [4.69, 9.17) is 4.98 Å². The van der Waals surface area contributed by atoms with Crippen LogP contribution in [-0.2, 0) is 4.79 Å². The second-order valence-electron chi connectivity index (χ2n) is 7.58. The van der Waals surface area contributed by atoms with Gasteiger partial charge in [0, 0.05) is 26.2 Å². The fourth-order valence-electron chi connectivity index (χ4n) is 4.02. The Hall–Kier alpha value is -2.32. The number of carbonyl (C=O) groups is 1. The molecule has 2 aromatic rings. The van der Waals surface area contributed by atoms with E-state index in [0.29, 0.717) is 5.92 Å². The van der Waals surface area contributed by atoms with Gasteiger partial charge in [-0.2, -0.15) is 0 Å². The molecule has 27 heavy (non-hydrogen) atoms. The lowest BCUT2D eigenvalue weighted by Crippen LogP contribution is -2.70. The summed E-state index contributed by atoms with van der Waals surface area (Å²) >= 11 is 0. The van der Waals surface area contributed by atoms with Gasteiger partial charge in [-0.3, -0.25) is 20.0 Å². The molecule has 8 heteroatoms. The van der Waals surface area contributed by atoms with Crippen LogP contribution in [0.5, 0.6) is 0 Å². The van der Waals surface area contributed by atoms with Gasteiger partial charge >= 0.3 is 0 Å². The van der Waals surface area contributed by atoms with Crippen molar-refractivity contribution in [1.82, 2.24) is 25.5 Å². The second-order valence-corrected chi connectivity index (χ2v) is 7.58. The van der Waals surface area contributed by atoms with Crippen molar-refractivity contribution in [3.05, 3.63) is 30.5 Å². The zero-order chi connectivity index (χ0) is 18.4. The van der Waals surface area contributed by atoms with E-state index in [0.717, 1.165) is 55.9 Å². The zero-order valence-electron chi connectivity index (χ0n) is 15.0. The number of rotatable bonds is 3. The van der Waals surface area contributed by atoms with Gasteiger partial charge in [0.05, 0.1) is 23.3 Å². The number of alkyl halides is 1. The van der Waals surface area contributed by atoms with E-state index < -0.39 is 12.1 Å². The largest absolute Gasteiger partial charge is 0.353 e. The van der Waals surface area contributed by atoms with Gasteiger partial charge in [0.2, 0.25) is 0 Å². The number of benzene rings is 1. The smallest absolute Gasteiger partial charge is 0.258 e. The zero-order valence-corrected chi connectivity index (χ0v) is 15.0. The Balaban J connectivity index is 1.25. The molecule has 2 saturated heterocycles. The summed E-state index contributed by atoms with van der Waals surface area (Å²) < 4.78 is 14.2. The van der Waals surface area contributed by atoms with Crippen LogP contribution in [0.1, 0.15) is 12.8 Å². The van der Waals surface area contributed by atoms with Gasteiger partial charge in [0.1, 0.15) is 12.1 Å². The molecule has 1 aliphatic carbocycles. The molecule has 2 N–H and O–H groups in total. The van der Waals surface area contributed by atoms with E-state index >= 15 is 0 Å². The van der Waals surface area contributed by atoms with Crippen molar-refractivity contribution < 1.29 is 9.18 Å². The number of piperazine rings is 1. The number of nitrogens with zero attached hydrogens (tertiary/aromatic N) is 4. The molecule has 0 radical (unpaired) electrons. The number of hydrogen-bond acceptors (Lipinski definition) is 6. The van der Waals surface area contributed by atoms with E-state index in [1.807, 2.05) is 30.5 Å². The van der Waals surface area contributed by atoms with E-state index in [2.05, 4.69) is 25.4 Å². The van der Waals surface area contributed by atoms with Gasteiger partial charge in [0.15, 0.2) is 6.17 Å². The molecular formula is C19H23FN6O. The first-order chi connectivity index (χ1) is 13.2. The number of fused-ring (bicyclic) bond motifs is 1. The van der Waals surface area contributed by atoms with E-state index in [1.54, 1.807) is 0 Å². The summed E-state index contributed by atoms with van der Waals surface area (Å²) in [5, 5.41) is 6.10. The minimum Gasteiger partial charge on any atom is -0.353 e. The molecule has 7 nitrogen and oxygen atoms in total. The lowest BCUT2D eigenvalue weighted by atomic mass is 10.0. The Labute approximate surface area is 156 Å². The van der Waals surface area contributed by atoms with Gasteiger partial charge in [0.25, 0.3) is 5.91 Å². The van der Waals surface area contributed by atoms with Gasteiger partial charge in [-0.05, 0) is 30.9 Å². The quantitative estimate of drug-likeness (QED) is 0.835. The summed E-state index contributed by atoms with van der Waals surface area (Å²) in [7, 11) is 0. The minimum atomic E-state index is -1.44. The summed E-state index contributed by atoms with van der Waals surface area (Å²) in [4.78, 5) is 25.6. The molecule has 1 amide bonds. The highest BCUT2D eigenvalue weighted by Crippen LogP contribution is 2.36. The average Bonchev–Trinajstić information content (AvgIpc) is 3.55. The first-order valence-corrected chi connectivity index (χ1v) is 9.60. The minimum absolute atomic E-state index is 0.292. The molecule has 3 heterocycles. The molecule has 1 aromatic heterocycles. The highest BCUT2D eigenvalue weighted by molar-refractivity contribution is 5.82. The Morgan fingerprint density at radius 3 is 2.56 bits per heavy atom. The molecular weight excluding hydrogens is 347 g/mol. The van der Waals surface area contributed by atoms with E-state index in [1.165, 1.54) is 0 Å². The molecule has 142 valence electrons. The van der Waals surface area contributed by atoms with Gasteiger partial charge in [-0.1, -0.05) is 12.1 Å². The van der Waals surface area contributed by atoms with Crippen LogP contribution < -0.4 is 15.5 Å². The van der Waals surface area contributed by atoms with E-state index in [-0.39, 0.29) is 12.3 Å². The van der Waals surface area contributed by atoms with Crippen molar-refractivity contribution in [2.75, 3.05) is 31.1 Å². The maximum Gasteiger partial charge on any atom is 0.258 e. The van der Waals surface area contributed by atoms with Crippen LogP contribution in [0, 0.1) is 5.92 Å². The highest BCUT2D eigenvalue weighted by Gasteiger charge is 2.46. The third kappa shape index (κ3) is 3.23. The number of aromatic nitrogens is 2. The molecule has 1 saturated carbocycles. The average molecular weight is 370 g/mol. The Bertz CT molecular complexity index is 851. The third-order valence-electron chi connectivity index (χ3n) is 5.76. The predicted molar refractivity (Wildman–Crippen MR) is 99.8 cm³/mol. The first-order valence-electron chi connectivity index (χ1n) is 9.60. The summed E-state index contributed by atoms with van der Waals surface area (Å²) in [6, 6.07) is 7.49. The van der Waals surface area contributed by atoms with Crippen LogP contribution >= 0.6 is 0 Å². The van der Waals surface area contributed by atoms with Crippen molar-refractivity contribution in [3.8, 4) is 0 Å². The SMILES string of the molecule is O=C1NC(N2CCN(c3cnc4ccccc4n3)CC2)NC(C2CC2)C1F. The van der Waals surface area contributed by atoms with Gasteiger partial charge in [-0.15, -0.1) is 0 Å². The monoisotopic (exact) mass is 370 g/mol. The summed E-state index contributed by atoms with van der Waals surface area (Å²) in [5.41, 5.74) is 1.78. The molecule has 3 aliphatic rings. The number of para-hydroxylation sites is 2. The van der Waals surface area contributed by atoms with Crippen LogP contribution in [0.3, 0.4) is 0 Å². The standard InChI is InChI=1S/C19H23FN6O/c20-16-17(12-5-6-12)23-19(24-18(16)27)26-9-7-25(8-10-26)15-11-21-13-3-1-2-4-14(13)22-15/h1-4,11-12,16-17,19,23H,5-10H2,(H,24,27). The second kappa shape index (κ2) is 6.69. The lowest BCUT2D eigenvalue weighted by Gasteiger charge is -2.44. The fraction of sp³-hybridized carbons (Fsp3) is 0.526. The molecule has 0 bridgehead atoms. The topological polar surface area (TPSA) is 73.4 Å². The number of carbonyl (C=O) groups excluding carboxylic acids is 1. The number of halogens is 1. The number of nitrogens with one attached hydrogen (secondary N) is 2. The number of hydrogen-bond donors (Lipinski definition) is 2. The molecule has 3 atom stereocenters. The number of amides is 1. The molecule has 3 fully saturated rings. The fourth-order valence-corrected chi connectivity index (χ4v) is 4.02. The molecule has 3 unspecified atom stereocenters. The summed E-state index contributed by atoms with van der Waals surface area (Å²) in [6.45, 7) is 3.10. The van der Waals surface area contributed by atoms with Crippen molar-refractivity contribution in [1.29, 1.82) is 0 Å². The Morgan fingerprint density at radius 2 is 1.81 bits per heavy atom. The van der Waals surface area contributed by atoms with Crippen LogP contribution in [0.4, 0.5) is 10.2 Å². The van der Waals surface area contributed by atoms with Crippen LogP contribution in [0.2, 0.25) is 0 Å². The normalized spacial score (nSPS) is 29.7. The van der Waals surface area contributed by atoms with Crippen molar-refractivity contribution >= 4 is 22.8 Å². The number of anilines is 1. The maximum absolute atomic E-state index is 14.2. The summed E-state index contributed by atoms with van der Waals surface area (Å²) in [5.74, 6) is 0.676. The first kappa shape index (κ1) is 16.8. The van der Waals surface area contributed by atoms with E-state index in [9.17, 15) is 9.18 Å². The Kier molecular flexibility index (Phi) is 4.17. The lowest BCUT2D eigenvalue weighted by molar-refractivity contribution is -0.134. The molecule has 1 aromatic carbocycles. The van der Waals surface area contributed by atoms with Gasteiger partial charge < -0.3 is 10.2 Å². The van der Waals surface area contributed by atoms with Crippen LogP contribution in [0.15, 0.2) is 30.5 Å². The Morgan fingerprint density at radius 1 is 1.07 bits per heavy atom. The maximum atomic E-state index is 14.2. The van der Waals surface area contributed by atoms with Crippen molar-refractivity contribution in [2.24, 2.45) is 5.92 Å². The van der Waals surface area contributed by atoms with Gasteiger partial charge in [-0.25, -0.2) is 9.37 Å². The summed E-state index contributed by atoms with van der Waals surface area (Å²) in [6.07, 6.45) is 2.09.